The van der Waals surface area contributed by atoms with Gasteiger partial charge in [-0.3, -0.25) is 0 Å². The number of rotatable bonds is 1. The fourth-order valence-electron chi connectivity index (χ4n) is 2.43. The highest BCUT2D eigenvalue weighted by molar-refractivity contribution is 5.76. The number of nitrogens with zero attached hydrogens (tertiary/aromatic N) is 1. The van der Waals surface area contributed by atoms with Crippen molar-refractivity contribution in [1.82, 2.24) is 15.3 Å². The molecule has 0 radical (unpaired) electrons. The number of phenolic OH excluding ortho intramolecular Hbond substituents is 1. The Bertz CT molecular complexity index is 520. The van der Waals surface area contributed by atoms with E-state index in [0.717, 1.165) is 29.8 Å². The van der Waals surface area contributed by atoms with Gasteiger partial charge in [-0.15, -0.1) is 0 Å². The van der Waals surface area contributed by atoms with Gasteiger partial charge in [-0.05, 0) is 32.0 Å². The number of hydrogen-bond donors (Lipinski definition) is 3. The molecule has 0 bridgehead atoms. The molecule has 0 spiro atoms. The third-order valence-corrected chi connectivity index (χ3v) is 3.36. The van der Waals surface area contributed by atoms with Crippen LogP contribution in [0.3, 0.4) is 0 Å². The molecule has 3 N–H and O–H groups in total. The van der Waals surface area contributed by atoms with Crippen molar-refractivity contribution in [3.63, 3.8) is 0 Å². The number of aromatic hydroxyl groups is 1. The molecule has 0 aliphatic carbocycles. The molecule has 84 valence electrons. The Hall–Kier alpha value is -1.55. The van der Waals surface area contributed by atoms with Gasteiger partial charge in [-0.25, -0.2) is 4.98 Å². The van der Waals surface area contributed by atoms with Crippen LogP contribution < -0.4 is 5.32 Å². The molecule has 1 aliphatic rings. The monoisotopic (exact) mass is 217 g/mol. The van der Waals surface area contributed by atoms with Gasteiger partial charge >= 0.3 is 0 Å². The van der Waals surface area contributed by atoms with Crippen LogP contribution in [0.25, 0.3) is 11.0 Å². The van der Waals surface area contributed by atoms with Gasteiger partial charge in [0.1, 0.15) is 11.6 Å². The van der Waals surface area contributed by atoms with Crippen LogP contribution in [0.2, 0.25) is 0 Å². The van der Waals surface area contributed by atoms with E-state index in [-0.39, 0.29) is 5.75 Å². The average Bonchev–Trinajstić information content (AvgIpc) is 2.82. The van der Waals surface area contributed by atoms with Gasteiger partial charge in [0.15, 0.2) is 0 Å². The van der Waals surface area contributed by atoms with Crippen LogP contribution in [0, 0.1) is 0 Å². The first-order chi connectivity index (χ1) is 7.74. The smallest absolute Gasteiger partial charge is 0.117 e. The van der Waals surface area contributed by atoms with Gasteiger partial charge in [-0.2, -0.15) is 0 Å². The lowest BCUT2D eigenvalue weighted by Crippen LogP contribution is -2.22. The molecule has 0 saturated carbocycles. The summed E-state index contributed by atoms with van der Waals surface area (Å²) in [6.45, 7) is 3.23. The second-order valence-electron chi connectivity index (χ2n) is 4.46. The number of hydrogen-bond acceptors (Lipinski definition) is 3. The van der Waals surface area contributed by atoms with E-state index < -0.39 is 0 Å². The first-order valence-electron chi connectivity index (χ1n) is 5.66. The van der Waals surface area contributed by atoms with Crippen LogP contribution in [0.4, 0.5) is 0 Å². The first kappa shape index (κ1) is 9.66. The van der Waals surface area contributed by atoms with Crippen molar-refractivity contribution < 1.29 is 5.11 Å². The van der Waals surface area contributed by atoms with Crippen LogP contribution in [0.1, 0.15) is 25.1 Å². The number of phenols is 1. The van der Waals surface area contributed by atoms with Gasteiger partial charge in [0.25, 0.3) is 0 Å². The predicted octanol–water partition coefficient (Wildman–Crippen LogP) is 1.73. The minimum Gasteiger partial charge on any atom is -0.508 e. The molecule has 2 unspecified atom stereocenters. The molecular formula is C12H15N3O. The summed E-state index contributed by atoms with van der Waals surface area (Å²) < 4.78 is 0. The molecule has 1 aromatic heterocycles. The average molecular weight is 217 g/mol. The molecule has 2 aromatic rings. The molecule has 4 nitrogen and oxygen atoms in total. The summed E-state index contributed by atoms with van der Waals surface area (Å²) in [6.07, 6.45) is 1.12. The summed E-state index contributed by atoms with van der Waals surface area (Å²) >= 11 is 0. The highest BCUT2D eigenvalue weighted by atomic mass is 16.3. The van der Waals surface area contributed by atoms with Crippen LogP contribution in [0.5, 0.6) is 5.75 Å². The van der Waals surface area contributed by atoms with Crippen molar-refractivity contribution in [2.24, 2.45) is 0 Å². The standard InChI is InChI=1S/C12H15N3O/c1-7-9(4-5-13-7)12-14-10-3-2-8(16)6-11(10)15-12/h2-3,6-7,9,13,16H,4-5H2,1H3,(H,14,15). The van der Waals surface area contributed by atoms with Crippen molar-refractivity contribution in [1.29, 1.82) is 0 Å². The number of benzene rings is 1. The third kappa shape index (κ3) is 1.46. The van der Waals surface area contributed by atoms with Gasteiger partial charge in [0.2, 0.25) is 0 Å². The number of nitrogens with one attached hydrogen (secondary N) is 2. The van der Waals surface area contributed by atoms with Crippen molar-refractivity contribution >= 4 is 11.0 Å². The molecule has 3 rings (SSSR count). The molecule has 1 aliphatic heterocycles. The zero-order chi connectivity index (χ0) is 11.1. The van der Waals surface area contributed by atoms with Crippen molar-refractivity contribution in [2.45, 2.75) is 25.3 Å². The number of imidazole rings is 1. The van der Waals surface area contributed by atoms with E-state index in [1.165, 1.54) is 0 Å². The molecule has 16 heavy (non-hydrogen) atoms. The maximum atomic E-state index is 9.40. The number of fused-ring (bicyclic) bond motifs is 1. The van der Waals surface area contributed by atoms with Crippen LogP contribution in [-0.4, -0.2) is 27.7 Å². The Balaban J connectivity index is 2.04. The quantitative estimate of drug-likeness (QED) is 0.681. The number of H-pyrrole nitrogens is 1. The van der Waals surface area contributed by atoms with E-state index >= 15 is 0 Å². The lowest BCUT2D eigenvalue weighted by atomic mass is 10.0. The molecule has 4 heteroatoms. The van der Waals surface area contributed by atoms with Crippen LogP contribution in [0.15, 0.2) is 18.2 Å². The second-order valence-corrected chi connectivity index (χ2v) is 4.46. The maximum Gasteiger partial charge on any atom is 0.117 e. The molecular weight excluding hydrogens is 202 g/mol. The molecule has 1 fully saturated rings. The first-order valence-corrected chi connectivity index (χ1v) is 5.66. The summed E-state index contributed by atoms with van der Waals surface area (Å²) in [7, 11) is 0. The summed E-state index contributed by atoms with van der Waals surface area (Å²) in [5.74, 6) is 1.76. The zero-order valence-electron chi connectivity index (χ0n) is 9.20. The van der Waals surface area contributed by atoms with E-state index in [2.05, 4.69) is 22.2 Å². The van der Waals surface area contributed by atoms with Gasteiger partial charge in [-0.1, -0.05) is 0 Å². The topological polar surface area (TPSA) is 60.9 Å². The zero-order valence-corrected chi connectivity index (χ0v) is 9.20. The lowest BCUT2D eigenvalue weighted by Gasteiger charge is -2.11. The number of aromatic amines is 1. The molecule has 2 atom stereocenters. The van der Waals surface area contributed by atoms with E-state index in [4.69, 9.17) is 0 Å². The van der Waals surface area contributed by atoms with E-state index in [0.29, 0.717) is 12.0 Å². The Morgan fingerprint density at radius 1 is 1.44 bits per heavy atom. The predicted molar refractivity (Wildman–Crippen MR) is 62.6 cm³/mol. The van der Waals surface area contributed by atoms with Crippen LogP contribution in [-0.2, 0) is 0 Å². The third-order valence-electron chi connectivity index (χ3n) is 3.36. The SMILES string of the molecule is CC1NCCC1c1nc2ccc(O)cc2[nH]1. The maximum absolute atomic E-state index is 9.40. The Kier molecular flexibility index (Phi) is 2.11. The fourth-order valence-corrected chi connectivity index (χ4v) is 2.43. The van der Waals surface area contributed by atoms with E-state index in [9.17, 15) is 5.11 Å². The Labute approximate surface area is 93.7 Å². The summed E-state index contributed by atoms with van der Waals surface area (Å²) in [6, 6.07) is 5.70. The summed E-state index contributed by atoms with van der Waals surface area (Å²) in [5.41, 5.74) is 1.83. The summed E-state index contributed by atoms with van der Waals surface area (Å²) in [5, 5.41) is 12.8. The molecule has 1 aromatic carbocycles. The minimum atomic E-state index is 0.278. The Morgan fingerprint density at radius 3 is 3.06 bits per heavy atom. The van der Waals surface area contributed by atoms with Gasteiger partial charge in [0, 0.05) is 18.0 Å². The lowest BCUT2D eigenvalue weighted by molar-refractivity contribution is 0.476. The van der Waals surface area contributed by atoms with E-state index in [1.807, 2.05) is 6.07 Å². The highest BCUT2D eigenvalue weighted by Gasteiger charge is 2.26. The van der Waals surface area contributed by atoms with Gasteiger partial charge < -0.3 is 15.4 Å². The second kappa shape index (κ2) is 3.49. The normalized spacial score (nSPS) is 25.3. The van der Waals surface area contributed by atoms with Crippen molar-refractivity contribution in [3.05, 3.63) is 24.0 Å². The summed E-state index contributed by atoms with van der Waals surface area (Å²) in [4.78, 5) is 7.88. The molecule has 1 saturated heterocycles. The van der Waals surface area contributed by atoms with Crippen molar-refractivity contribution in [3.8, 4) is 5.75 Å². The number of aromatic nitrogens is 2. The molecule has 2 heterocycles. The fraction of sp³-hybridized carbons (Fsp3) is 0.417. The highest BCUT2D eigenvalue weighted by Crippen LogP contribution is 2.28. The van der Waals surface area contributed by atoms with Crippen molar-refractivity contribution in [2.75, 3.05) is 6.54 Å². The van der Waals surface area contributed by atoms with E-state index in [1.54, 1.807) is 12.1 Å². The van der Waals surface area contributed by atoms with Crippen LogP contribution >= 0.6 is 0 Å². The Morgan fingerprint density at radius 2 is 2.31 bits per heavy atom. The van der Waals surface area contributed by atoms with Gasteiger partial charge in [0.05, 0.1) is 11.0 Å². The minimum absolute atomic E-state index is 0.278. The molecule has 0 amide bonds. The largest absolute Gasteiger partial charge is 0.508 e.